The van der Waals surface area contributed by atoms with Crippen LogP contribution in [0.4, 0.5) is 0 Å². The first-order chi connectivity index (χ1) is 10.5. The summed E-state index contributed by atoms with van der Waals surface area (Å²) in [6, 6.07) is 6.83. The molecule has 5 nitrogen and oxygen atoms in total. The smallest absolute Gasteiger partial charge is 0.254 e. The maximum Gasteiger partial charge on any atom is 0.254 e. The van der Waals surface area contributed by atoms with Crippen LogP contribution < -0.4 is 5.56 Å². The van der Waals surface area contributed by atoms with Crippen molar-refractivity contribution < 1.29 is 9.21 Å². The Morgan fingerprint density at radius 3 is 2.86 bits per heavy atom. The molecule has 0 aliphatic carbocycles. The van der Waals surface area contributed by atoms with E-state index in [1.165, 1.54) is 6.07 Å². The summed E-state index contributed by atoms with van der Waals surface area (Å²) >= 11 is 1.81. The number of nitrogens with one attached hydrogen (secondary N) is 1. The van der Waals surface area contributed by atoms with E-state index in [1.807, 2.05) is 35.7 Å². The second-order valence-electron chi connectivity index (χ2n) is 5.45. The number of furan rings is 1. The molecule has 116 valence electrons. The van der Waals surface area contributed by atoms with Crippen molar-refractivity contribution in [2.75, 3.05) is 18.1 Å². The minimum atomic E-state index is -0.250. The molecule has 1 atom stereocenters. The third-order valence-electron chi connectivity index (χ3n) is 3.70. The van der Waals surface area contributed by atoms with Gasteiger partial charge in [-0.1, -0.05) is 0 Å². The van der Waals surface area contributed by atoms with E-state index >= 15 is 0 Å². The Balaban J connectivity index is 1.93. The van der Waals surface area contributed by atoms with Crippen LogP contribution in [0, 0.1) is 13.8 Å². The number of hydrogen-bond donors (Lipinski definition) is 1. The van der Waals surface area contributed by atoms with Crippen LogP contribution in [0.15, 0.2) is 33.5 Å². The summed E-state index contributed by atoms with van der Waals surface area (Å²) in [5.41, 5.74) is 0.870. The summed E-state index contributed by atoms with van der Waals surface area (Å²) in [5.74, 6) is 3.23. The molecule has 1 saturated heterocycles. The van der Waals surface area contributed by atoms with E-state index in [-0.39, 0.29) is 17.5 Å². The van der Waals surface area contributed by atoms with Crippen LogP contribution >= 0.6 is 11.8 Å². The monoisotopic (exact) mass is 318 g/mol. The number of rotatable bonds is 2. The molecule has 2 aromatic rings. The van der Waals surface area contributed by atoms with Gasteiger partial charge in [0.1, 0.15) is 11.5 Å². The maximum atomic E-state index is 12.8. The molecule has 1 N–H and O–H groups in total. The maximum absolute atomic E-state index is 12.8. The predicted octanol–water partition coefficient (Wildman–Crippen LogP) is 2.52. The lowest BCUT2D eigenvalue weighted by atomic mass is 10.1. The van der Waals surface area contributed by atoms with Crippen molar-refractivity contribution in [3.63, 3.8) is 0 Å². The van der Waals surface area contributed by atoms with Gasteiger partial charge in [-0.3, -0.25) is 9.59 Å². The zero-order valence-electron chi connectivity index (χ0n) is 12.6. The molecule has 1 amide bonds. The standard InChI is InChI=1S/C16H18N2O3S/c1-10-7-12(8-15(19)17-10)16(20)18-5-6-22-9-13(18)14-4-3-11(2)21-14/h3-4,7-8,13H,5-6,9H2,1-2H3,(H,17,19)/t13-/m0/s1. The Hall–Kier alpha value is -1.95. The van der Waals surface area contributed by atoms with Gasteiger partial charge >= 0.3 is 0 Å². The predicted molar refractivity (Wildman–Crippen MR) is 86.3 cm³/mol. The highest BCUT2D eigenvalue weighted by molar-refractivity contribution is 7.99. The van der Waals surface area contributed by atoms with Crippen LogP contribution in [0.2, 0.25) is 0 Å². The molecule has 0 unspecified atom stereocenters. The Labute approximate surface area is 132 Å². The zero-order valence-corrected chi connectivity index (χ0v) is 13.4. The molecule has 22 heavy (non-hydrogen) atoms. The van der Waals surface area contributed by atoms with E-state index in [2.05, 4.69) is 4.98 Å². The third-order valence-corrected chi connectivity index (χ3v) is 4.73. The molecule has 1 fully saturated rings. The first-order valence-electron chi connectivity index (χ1n) is 7.20. The Morgan fingerprint density at radius 1 is 1.36 bits per heavy atom. The van der Waals surface area contributed by atoms with Crippen LogP contribution in [-0.4, -0.2) is 33.8 Å². The van der Waals surface area contributed by atoms with Crippen LogP contribution in [0.25, 0.3) is 0 Å². The van der Waals surface area contributed by atoms with E-state index in [9.17, 15) is 9.59 Å². The average molecular weight is 318 g/mol. The van der Waals surface area contributed by atoms with Crippen molar-refractivity contribution in [1.82, 2.24) is 9.88 Å². The van der Waals surface area contributed by atoms with Crippen molar-refractivity contribution in [2.24, 2.45) is 0 Å². The van der Waals surface area contributed by atoms with Gasteiger partial charge in [-0.05, 0) is 32.0 Å². The topological polar surface area (TPSA) is 66.3 Å². The molecule has 0 saturated carbocycles. The number of amides is 1. The van der Waals surface area contributed by atoms with E-state index in [1.54, 1.807) is 13.0 Å². The minimum Gasteiger partial charge on any atom is -0.464 e. The quantitative estimate of drug-likeness (QED) is 0.924. The number of aryl methyl sites for hydroxylation is 2. The number of nitrogens with zero attached hydrogens (tertiary/aromatic N) is 1. The molecule has 6 heteroatoms. The summed E-state index contributed by atoms with van der Waals surface area (Å²) in [6.07, 6.45) is 0. The van der Waals surface area contributed by atoms with Gasteiger partial charge in [0.2, 0.25) is 5.56 Å². The molecule has 2 aromatic heterocycles. The molecule has 1 aliphatic heterocycles. The number of aromatic amines is 1. The third kappa shape index (κ3) is 2.97. The van der Waals surface area contributed by atoms with Gasteiger partial charge in [0.25, 0.3) is 5.91 Å². The number of carbonyl (C=O) groups excluding carboxylic acids is 1. The van der Waals surface area contributed by atoms with Crippen LogP contribution in [0.5, 0.6) is 0 Å². The van der Waals surface area contributed by atoms with Crippen molar-refractivity contribution in [3.8, 4) is 0 Å². The molecule has 0 spiro atoms. The Kier molecular flexibility index (Phi) is 4.11. The highest BCUT2D eigenvalue weighted by Crippen LogP contribution is 2.31. The van der Waals surface area contributed by atoms with Crippen molar-refractivity contribution in [1.29, 1.82) is 0 Å². The van der Waals surface area contributed by atoms with Gasteiger partial charge in [0.15, 0.2) is 0 Å². The summed E-state index contributed by atoms with van der Waals surface area (Å²) in [5, 5.41) is 0. The normalized spacial score (nSPS) is 18.5. The molecule has 3 heterocycles. The van der Waals surface area contributed by atoms with E-state index in [0.29, 0.717) is 17.8 Å². The lowest BCUT2D eigenvalue weighted by molar-refractivity contribution is 0.0681. The summed E-state index contributed by atoms with van der Waals surface area (Å²) in [4.78, 5) is 28.9. The summed E-state index contributed by atoms with van der Waals surface area (Å²) in [6.45, 7) is 4.32. The number of hydrogen-bond acceptors (Lipinski definition) is 4. The fourth-order valence-corrected chi connectivity index (χ4v) is 3.75. The number of carbonyl (C=O) groups is 1. The van der Waals surface area contributed by atoms with Gasteiger partial charge < -0.3 is 14.3 Å². The molecule has 3 rings (SSSR count). The molecular weight excluding hydrogens is 300 g/mol. The molecule has 0 radical (unpaired) electrons. The SMILES string of the molecule is Cc1cc(C(=O)N2CCSC[C@H]2c2ccc(C)o2)cc(=O)[nH]1. The number of thioether (sulfide) groups is 1. The second kappa shape index (κ2) is 6.04. The summed E-state index contributed by atoms with van der Waals surface area (Å²) < 4.78 is 5.71. The summed E-state index contributed by atoms with van der Waals surface area (Å²) in [7, 11) is 0. The van der Waals surface area contributed by atoms with E-state index in [0.717, 1.165) is 23.0 Å². The van der Waals surface area contributed by atoms with Gasteiger partial charge in [0, 0.05) is 35.4 Å². The Morgan fingerprint density at radius 2 is 2.18 bits per heavy atom. The first-order valence-corrected chi connectivity index (χ1v) is 8.36. The number of pyridine rings is 1. The average Bonchev–Trinajstić information content (AvgIpc) is 2.92. The van der Waals surface area contributed by atoms with Gasteiger partial charge in [-0.15, -0.1) is 0 Å². The van der Waals surface area contributed by atoms with Crippen molar-refractivity contribution >= 4 is 17.7 Å². The number of aromatic nitrogens is 1. The fourth-order valence-electron chi connectivity index (χ4n) is 2.69. The van der Waals surface area contributed by atoms with Gasteiger partial charge in [-0.25, -0.2) is 0 Å². The van der Waals surface area contributed by atoms with Crippen LogP contribution in [0.1, 0.15) is 33.6 Å². The van der Waals surface area contributed by atoms with Gasteiger partial charge in [0.05, 0.1) is 6.04 Å². The van der Waals surface area contributed by atoms with Gasteiger partial charge in [-0.2, -0.15) is 11.8 Å². The van der Waals surface area contributed by atoms with E-state index in [4.69, 9.17) is 4.42 Å². The first kappa shape index (κ1) is 15.0. The Bertz CT molecular complexity index is 750. The van der Waals surface area contributed by atoms with Crippen molar-refractivity contribution in [2.45, 2.75) is 19.9 Å². The zero-order chi connectivity index (χ0) is 15.7. The highest BCUT2D eigenvalue weighted by Gasteiger charge is 2.31. The van der Waals surface area contributed by atoms with Crippen molar-refractivity contribution in [3.05, 3.63) is 57.4 Å². The number of H-pyrrole nitrogens is 1. The van der Waals surface area contributed by atoms with Crippen LogP contribution in [0.3, 0.4) is 0 Å². The molecule has 0 bridgehead atoms. The van der Waals surface area contributed by atoms with E-state index < -0.39 is 0 Å². The highest BCUT2D eigenvalue weighted by atomic mass is 32.2. The molecule has 1 aliphatic rings. The molecule has 0 aromatic carbocycles. The fraction of sp³-hybridized carbons (Fsp3) is 0.375. The second-order valence-corrected chi connectivity index (χ2v) is 6.60. The lowest BCUT2D eigenvalue weighted by Gasteiger charge is -2.34. The minimum absolute atomic E-state index is 0.0838. The lowest BCUT2D eigenvalue weighted by Crippen LogP contribution is -2.41. The van der Waals surface area contributed by atoms with Crippen LogP contribution in [-0.2, 0) is 0 Å². The molecular formula is C16H18N2O3S. The largest absolute Gasteiger partial charge is 0.464 e.